The summed E-state index contributed by atoms with van der Waals surface area (Å²) < 4.78 is 0.825. The topological polar surface area (TPSA) is 92.3 Å². The molecule has 154 valence electrons. The van der Waals surface area contributed by atoms with Crippen molar-refractivity contribution >= 4 is 50.1 Å². The molecule has 7 nitrogen and oxygen atoms in total. The molecule has 5 rings (SSSR count). The van der Waals surface area contributed by atoms with Crippen LogP contribution in [0, 0.1) is 30.6 Å². The van der Waals surface area contributed by atoms with Crippen molar-refractivity contribution in [3.05, 3.63) is 51.5 Å². The fourth-order valence-electron chi connectivity index (χ4n) is 5.00. The van der Waals surface area contributed by atoms with Gasteiger partial charge in [-0.15, -0.1) is 10.2 Å². The van der Waals surface area contributed by atoms with E-state index in [9.17, 15) is 14.4 Å². The molecule has 2 fully saturated rings. The molecule has 1 aromatic heterocycles. The highest BCUT2D eigenvalue weighted by Crippen LogP contribution is 2.54. The number of allylic oxidation sites excluding steroid dienone is 2. The second kappa shape index (κ2) is 7.39. The van der Waals surface area contributed by atoms with E-state index in [1.54, 1.807) is 6.92 Å². The van der Waals surface area contributed by atoms with Crippen LogP contribution in [0.5, 0.6) is 0 Å². The van der Waals surface area contributed by atoms with Gasteiger partial charge in [-0.3, -0.25) is 19.3 Å². The summed E-state index contributed by atoms with van der Waals surface area (Å²) in [4.78, 5) is 40.8. The quantitative estimate of drug-likeness (QED) is 0.515. The van der Waals surface area contributed by atoms with Crippen molar-refractivity contribution in [1.29, 1.82) is 0 Å². The fraction of sp³-hybridized carbons (Fsp3) is 0.381. The van der Waals surface area contributed by atoms with Crippen molar-refractivity contribution < 1.29 is 14.4 Å². The number of nitrogens with zero attached hydrogens (tertiary/aromatic N) is 3. The number of hydrogen-bond acceptors (Lipinski definition) is 6. The average Bonchev–Trinajstić information content (AvgIpc) is 3.46. The van der Waals surface area contributed by atoms with E-state index >= 15 is 0 Å². The first kappa shape index (κ1) is 19.6. The standard InChI is InChI=1S/C21H19BrN4O3S/c1-10-24-25-21(30-10)23-16(27)9-15(11-3-2-4-14(22)8-11)26-19(28)17-12-5-6-13(7-12)18(17)20(26)29/h2-6,8,12-13,15,17-18H,7,9H2,1H3,(H,23,25,27). The van der Waals surface area contributed by atoms with Crippen LogP contribution < -0.4 is 5.32 Å². The average molecular weight is 487 g/mol. The largest absolute Gasteiger partial charge is 0.300 e. The number of benzene rings is 1. The number of carbonyl (C=O) groups excluding carboxylic acids is 3. The summed E-state index contributed by atoms with van der Waals surface area (Å²) in [5.74, 6) is -0.967. The van der Waals surface area contributed by atoms with Crippen LogP contribution in [0.4, 0.5) is 5.13 Å². The molecule has 1 aliphatic heterocycles. The summed E-state index contributed by atoms with van der Waals surface area (Å²) >= 11 is 4.73. The minimum absolute atomic E-state index is 0.0330. The van der Waals surface area contributed by atoms with E-state index in [2.05, 4.69) is 43.6 Å². The van der Waals surface area contributed by atoms with Gasteiger partial charge >= 0.3 is 0 Å². The Morgan fingerprint density at radius 2 is 1.93 bits per heavy atom. The number of aromatic nitrogens is 2. The molecule has 3 aliphatic rings. The molecule has 2 aromatic rings. The first-order valence-electron chi connectivity index (χ1n) is 9.83. The van der Waals surface area contributed by atoms with E-state index in [1.807, 2.05) is 24.3 Å². The number of likely N-dealkylation sites (tertiary alicyclic amines) is 1. The number of carbonyl (C=O) groups is 3. The third-order valence-corrected chi connectivity index (χ3v) is 7.45. The minimum Gasteiger partial charge on any atom is -0.300 e. The highest BCUT2D eigenvalue weighted by molar-refractivity contribution is 9.10. The zero-order valence-corrected chi connectivity index (χ0v) is 18.5. The van der Waals surface area contributed by atoms with Crippen molar-refractivity contribution in [2.24, 2.45) is 23.7 Å². The van der Waals surface area contributed by atoms with Crippen LogP contribution in [0.2, 0.25) is 0 Å². The van der Waals surface area contributed by atoms with E-state index in [1.165, 1.54) is 16.2 Å². The molecule has 3 amide bonds. The molecule has 5 atom stereocenters. The molecule has 9 heteroatoms. The van der Waals surface area contributed by atoms with Gasteiger partial charge in [-0.1, -0.05) is 51.6 Å². The monoisotopic (exact) mass is 486 g/mol. The molecular weight excluding hydrogens is 468 g/mol. The number of hydrogen-bond donors (Lipinski definition) is 1. The third kappa shape index (κ3) is 3.20. The number of halogens is 1. The Balaban J connectivity index is 1.45. The van der Waals surface area contributed by atoms with Gasteiger partial charge in [-0.25, -0.2) is 0 Å². The Labute approximate surface area is 185 Å². The van der Waals surface area contributed by atoms with E-state index in [-0.39, 0.29) is 47.8 Å². The van der Waals surface area contributed by atoms with Crippen LogP contribution in [0.3, 0.4) is 0 Å². The van der Waals surface area contributed by atoms with Gasteiger partial charge in [-0.2, -0.15) is 0 Å². The summed E-state index contributed by atoms with van der Waals surface area (Å²) in [6.45, 7) is 1.81. The van der Waals surface area contributed by atoms with E-state index in [0.717, 1.165) is 21.5 Å². The van der Waals surface area contributed by atoms with Gasteiger partial charge in [-0.05, 0) is 42.9 Å². The second-order valence-corrected chi connectivity index (χ2v) is 10.1. The lowest BCUT2D eigenvalue weighted by atomic mass is 9.85. The maximum atomic E-state index is 13.3. The Kier molecular flexibility index (Phi) is 4.82. The van der Waals surface area contributed by atoms with Crippen molar-refractivity contribution in [3.8, 4) is 0 Å². The number of rotatable bonds is 5. The normalized spacial score (nSPS) is 27.6. The number of nitrogens with one attached hydrogen (secondary N) is 1. The second-order valence-electron chi connectivity index (χ2n) is 8.00. The van der Waals surface area contributed by atoms with Crippen LogP contribution in [0.15, 0.2) is 40.9 Å². The number of aryl methyl sites for hydroxylation is 1. The Hall–Kier alpha value is -2.39. The van der Waals surface area contributed by atoms with Crippen LogP contribution in [0.1, 0.15) is 29.5 Å². The van der Waals surface area contributed by atoms with Gasteiger partial charge in [0.2, 0.25) is 22.9 Å². The lowest BCUT2D eigenvalue weighted by Gasteiger charge is -2.28. The van der Waals surface area contributed by atoms with Crippen molar-refractivity contribution in [2.45, 2.75) is 25.8 Å². The molecule has 5 unspecified atom stereocenters. The molecule has 2 aliphatic carbocycles. The first-order chi connectivity index (χ1) is 14.4. The fourth-order valence-corrected chi connectivity index (χ4v) is 6.02. The maximum absolute atomic E-state index is 13.3. The maximum Gasteiger partial charge on any atom is 0.234 e. The predicted molar refractivity (Wildman–Crippen MR) is 114 cm³/mol. The first-order valence-corrected chi connectivity index (χ1v) is 11.4. The van der Waals surface area contributed by atoms with E-state index < -0.39 is 6.04 Å². The smallest absolute Gasteiger partial charge is 0.234 e. The Bertz CT molecular complexity index is 1050. The van der Waals surface area contributed by atoms with Gasteiger partial charge in [0.1, 0.15) is 5.01 Å². The summed E-state index contributed by atoms with van der Waals surface area (Å²) in [6.07, 6.45) is 4.98. The Morgan fingerprint density at radius 3 is 2.53 bits per heavy atom. The molecule has 1 aromatic carbocycles. The van der Waals surface area contributed by atoms with Gasteiger partial charge in [0.05, 0.1) is 24.3 Å². The molecule has 0 radical (unpaired) electrons. The van der Waals surface area contributed by atoms with Crippen LogP contribution in [0.25, 0.3) is 0 Å². The van der Waals surface area contributed by atoms with E-state index in [4.69, 9.17) is 0 Å². The number of fused-ring (bicyclic) bond motifs is 5. The predicted octanol–water partition coefficient (Wildman–Crippen LogP) is 3.49. The highest BCUT2D eigenvalue weighted by atomic mass is 79.9. The third-order valence-electron chi connectivity index (χ3n) is 6.20. The van der Waals surface area contributed by atoms with Crippen molar-refractivity contribution in [1.82, 2.24) is 15.1 Å². The van der Waals surface area contributed by atoms with Crippen LogP contribution >= 0.6 is 27.3 Å². The molecule has 2 bridgehead atoms. The van der Waals surface area contributed by atoms with Gasteiger partial charge < -0.3 is 5.32 Å². The lowest BCUT2D eigenvalue weighted by Crippen LogP contribution is -2.38. The number of amides is 3. The highest BCUT2D eigenvalue weighted by Gasteiger charge is 2.60. The molecule has 1 saturated carbocycles. The zero-order valence-electron chi connectivity index (χ0n) is 16.1. The molecule has 1 N–H and O–H groups in total. The van der Waals surface area contributed by atoms with Crippen LogP contribution in [-0.2, 0) is 14.4 Å². The van der Waals surface area contributed by atoms with Gasteiger partial charge in [0, 0.05) is 4.47 Å². The summed E-state index contributed by atoms with van der Waals surface area (Å²) in [5, 5.41) is 11.7. The molecular formula is C21H19BrN4O3S. The SMILES string of the molecule is Cc1nnc(NC(=O)CC(c2cccc(Br)c2)N2C(=O)C3C4C=CC(C4)C3C2=O)s1. The zero-order chi connectivity index (χ0) is 21.0. The van der Waals surface area contributed by atoms with Crippen molar-refractivity contribution in [3.63, 3.8) is 0 Å². The lowest BCUT2D eigenvalue weighted by molar-refractivity contribution is -0.144. The molecule has 2 heterocycles. The number of imide groups is 1. The van der Waals surface area contributed by atoms with Crippen LogP contribution in [-0.4, -0.2) is 32.8 Å². The number of anilines is 1. The Morgan fingerprint density at radius 1 is 1.23 bits per heavy atom. The van der Waals surface area contributed by atoms with Crippen molar-refractivity contribution in [2.75, 3.05) is 5.32 Å². The minimum atomic E-state index is -0.665. The molecule has 0 spiro atoms. The van der Waals surface area contributed by atoms with Gasteiger partial charge in [0.15, 0.2) is 0 Å². The summed E-state index contributed by atoms with van der Waals surface area (Å²) in [7, 11) is 0. The summed E-state index contributed by atoms with van der Waals surface area (Å²) in [6, 6.07) is 6.75. The summed E-state index contributed by atoms with van der Waals surface area (Å²) in [5.41, 5.74) is 0.745. The molecule has 30 heavy (non-hydrogen) atoms. The van der Waals surface area contributed by atoms with E-state index in [0.29, 0.717) is 5.13 Å². The van der Waals surface area contributed by atoms with Gasteiger partial charge in [0.25, 0.3) is 0 Å². The molecule has 1 saturated heterocycles.